The van der Waals surface area contributed by atoms with Crippen LogP contribution in [0.1, 0.15) is 41.5 Å². The summed E-state index contributed by atoms with van der Waals surface area (Å²) in [5, 5.41) is 0. The van der Waals surface area contributed by atoms with Crippen LogP contribution in [0.5, 0.6) is 5.75 Å². The Morgan fingerprint density at radius 1 is 0.861 bits per heavy atom. The maximum Gasteiger partial charge on any atom is 0.143 e. The summed E-state index contributed by atoms with van der Waals surface area (Å²) in [7, 11) is 2.19. The molecule has 0 bridgehead atoms. The normalized spacial score (nSPS) is 18.3. The molecule has 2 aliphatic rings. The van der Waals surface area contributed by atoms with Crippen molar-refractivity contribution >= 4 is 0 Å². The number of imidazole rings is 1. The number of aryl methyl sites for hydroxylation is 1. The maximum atomic E-state index is 6.91. The van der Waals surface area contributed by atoms with Gasteiger partial charge in [-0.15, -0.1) is 0 Å². The maximum absolute atomic E-state index is 6.91. The molecule has 1 atom stereocenters. The highest BCUT2D eigenvalue weighted by molar-refractivity contribution is 5.59. The molecule has 0 saturated carbocycles. The summed E-state index contributed by atoms with van der Waals surface area (Å²) in [5.74, 6) is 1.94. The summed E-state index contributed by atoms with van der Waals surface area (Å²) in [4.78, 5) is 7.53. The third kappa shape index (κ3) is 4.81. The molecule has 2 aliphatic heterocycles. The minimum absolute atomic E-state index is 0.214. The van der Waals surface area contributed by atoms with Gasteiger partial charge in [-0.1, -0.05) is 72.8 Å². The first-order valence-electron chi connectivity index (χ1n) is 13.0. The van der Waals surface area contributed by atoms with Crippen molar-refractivity contribution in [1.82, 2.24) is 14.5 Å². The van der Waals surface area contributed by atoms with E-state index < -0.39 is 0 Å². The molecule has 0 amide bonds. The lowest BCUT2D eigenvalue weighted by atomic mass is 9.98. The fraction of sp³-hybridized carbons (Fsp3) is 0.323. The van der Waals surface area contributed by atoms with Gasteiger partial charge in [0, 0.05) is 37.0 Å². The molecule has 3 heterocycles. The minimum Gasteiger partial charge on any atom is -0.489 e. The third-order valence-corrected chi connectivity index (χ3v) is 7.40. The van der Waals surface area contributed by atoms with Gasteiger partial charge in [0.05, 0.1) is 11.8 Å². The first-order valence-corrected chi connectivity index (χ1v) is 13.0. The summed E-state index contributed by atoms with van der Waals surface area (Å²) >= 11 is 0. The highest BCUT2D eigenvalue weighted by Gasteiger charge is 2.32. The standard InChI is InChI=1S/C31H33N3O2/c1-33-18-15-25(16-19-33)36-30-27-13-8-14-29(35-22-23-9-4-2-5-10-23)26(27)17-20-34-21-28(32-31(30)34)24-11-6-3-7-12-24/h2-14,21,25,30H,15-20,22H2,1H3. The molecule has 5 nitrogen and oxygen atoms in total. The third-order valence-electron chi connectivity index (χ3n) is 7.40. The second-order valence-corrected chi connectivity index (χ2v) is 9.91. The molecule has 184 valence electrons. The molecule has 1 aromatic heterocycles. The first-order chi connectivity index (χ1) is 17.7. The Labute approximate surface area is 213 Å². The largest absolute Gasteiger partial charge is 0.489 e. The fourth-order valence-corrected chi connectivity index (χ4v) is 5.35. The highest BCUT2D eigenvalue weighted by atomic mass is 16.5. The van der Waals surface area contributed by atoms with E-state index in [2.05, 4.69) is 89.4 Å². The molecule has 6 rings (SSSR count). The van der Waals surface area contributed by atoms with Crippen molar-refractivity contribution in [3.63, 3.8) is 0 Å². The zero-order valence-electron chi connectivity index (χ0n) is 20.8. The van der Waals surface area contributed by atoms with Crippen LogP contribution in [0.15, 0.2) is 85.1 Å². The van der Waals surface area contributed by atoms with Gasteiger partial charge in [-0.2, -0.15) is 0 Å². The molecular formula is C31H33N3O2. The number of hydrogen-bond donors (Lipinski definition) is 0. The van der Waals surface area contributed by atoms with Crippen molar-refractivity contribution in [3.05, 3.63) is 108 Å². The molecule has 4 aromatic rings. The Morgan fingerprint density at radius 3 is 2.39 bits per heavy atom. The zero-order chi connectivity index (χ0) is 24.3. The molecule has 5 heteroatoms. The number of fused-ring (bicyclic) bond motifs is 2. The Morgan fingerprint density at radius 2 is 1.61 bits per heavy atom. The fourth-order valence-electron chi connectivity index (χ4n) is 5.35. The van der Waals surface area contributed by atoms with Crippen LogP contribution in [-0.4, -0.2) is 40.7 Å². The Bertz CT molecular complexity index is 1290. The van der Waals surface area contributed by atoms with Crippen LogP contribution < -0.4 is 4.74 Å². The lowest BCUT2D eigenvalue weighted by Gasteiger charge is -2.32. The average Bonchev–Trinajstić information content (AvgIpc) is 3.29. The van der Waals surface area contributed by atoms with Gasteiger partial charge in [0.25, 0.3) is 0 Å². The quantitative estimate of drug-likeness (QED) is 0.346. The predicted molar refractivity (Wildman–Crippen MR) is 142 cm³/mol. The van der Waals surface area contributed by atoms with E-state index in [4.69, 9.17) is 14.5 Å². The molecule has 0 spiro atoms. The molecule has 0 N–H and O–H groups in total. The van der Waals surface area contributed by atoms with Crippen molar-refractivity contribution in [3.8, 4) is 17.0 Å². The number of piperidine rings is 1. The Kier molecular flexibility index (Phi) is 6.58. The van der Waals surface area contributed by atoms with Gasteiger partial charge in [-0.3, -0.25) is 0 Å². The molecule has 36 heavy (non-hydrogen) atoms. The monoisotopic (exact) mass is 479 g/mol. The van der Waals surface area contributed by atoms with E-state index in [9.17, 15) is 0 Å². The molecule has 1 unspecified atom stereocenters. The molecule has 1 fully saturated rings. The number of benzene rings is 3. The predicted octanol–water partition coefficient (Wildman–Crippen LogP) is 5.89. The number of likely N-dealkylation sites (tertiary alicyclic amines) is 1. The number of ether oxygens (including phenoxy) is 2. The summed E-state index contributed by atoms with van der Waals surface area (Å²) < 4.78 is 15.6. The topological polar surface area (TPSA) is 39.5 Å². The summed E-state index contributed by atoms with van der Waals surface area (Å²) in [6.45, 7) is 3.53. The Balaban J connectivity index is 1.36. The van der Waals surface area contributed by atoms with Gasteiger partial charge in [-0.25, -0.2) is 4.98 Å². The lowest BCUT2D eigenvalue weighted by Crippen LogP contribution is -2.35. The SMILES string of the molecule is CN1CCC(OC2c3cccc(OCc4ccccc4)c3CCn3cc(-c4ccccc4)nc32)CC1. The summed E-state index contributed by atoms with van der Waals surface area (Å²) in [5.41, 5.74) is 5.73. The van der Waals surface area contributed by atoms with Crippen LogP contribution in [0.4, 0.5) is 0 Å². The lowest BCUT2D eigenvalue weighted by molar-refractivity contribution is -0.0276. The first kappa shape index (κ1) is 23.0. The molecule has 1 saturated heterocycles. The van der Waals surface area contributed by atoms with Gasteiger partial charge in [0.15, 0.2) is 0 Å². The minimum atomic E-state index is -0.214. The Hall–Kier alpha value is -3.41. The van der Waals surface area contributed by atoms with Gasteiger partial charge >= 0.3 is 0 Å². The molecule has 3 aromatic carbocycles. The van der Waals surface area contributed by atoms with Crippen molar-refractivity contribution in [2.45, 2.75) is 44.6 Å². The molecule has 0 radical (unpaired) electrons. The van der Waals surface area contributed by atoms with Gasteiger partial charge < -0.3 is 18.9 Å². The smallest absolute Gasteiger partial charge is 0.143 e. The van der Waals surface area contributed by atoms with E-state index in [1.165, 1.54) is 16.7 Å². The van der Waals surface area contributed by atoms with Crippen molar-refractivity contribution in [1.29, 1.82) is 0 Å². The summed E-state index contributed by atoms with van der Waals surface area (Å²) in [6.07, 6.45) is 5.15. The van der Waals surface area contributed by atoms with Crippen LogP contribution in [-0.2, 0) is 24.3 Å². The van der Waals surface area contributed by atoms with Gasteiger partial charge in [0.1, 0.15) is 24.3 Å². The van der Waals surface area contributed by atoms with Crippen LogP contribution in [0, 0.1) is 0 Å². The van der Waals surface area contributed by atoms with Gasteiger partial charge in [0.2, 0.25) is 0 Å². The van der Waals surface area contributed by atoms with Crippen LogP contribution in [0.2, 0.25) is 0 Å². The molecular weight excluding hydrogens is 446 g/mol. The number of hydrogen-bond acceptors (Lipinski definition) is 4. The molecule has 0 aliphatic carbocycles. The highest BCUT2D eigenvalue weighted by Crippen LogP contribution is 2.39. The zero-order valence-corrected chi connectivity index (χ0v) is 20.8. The van der Waals surface area contributed by atoms with Crippen molar-refractivity contribution < 1.29 is 9.47 Å². The van der Waals surface area contributed by atoms with Crippen molar-refractivity contribution in [2.75, 3.05) is 20.1 Å². The van der Waals surface area contributed by atoms with E-state index in [-0.39, 0.29) is 12.2 Å². The second-order valence-electron chi connectivity index (χ2n) is 9.91. The summed E-state index contributed by atoms with van der Waals surface area (Å²) in [6, 6.07) is 27.2. The van der Waals surface area contributed by atoms with Crippen LogP contribution in [0.25, 0.3) is 11.3 Å². The number of rotatable bonds is 6. The van der Waals surface area contributed by atoms with Crippen LogP contribution >= 0.6 is 0 Å². The van der Waals surface area contributed by atoms with E-state index in [1.807, 2.05) is 12.1 Å². The van der Waals surface area contributed by atoms with Crippen LogP contribution in [0.3, 0.4) is 0 Å². The van der Waals surface area contributed by atoms with E-state index in [0.717, 1.165) is 61.7 Å². The van der Waals surface area contributed by atoms with E-state index in [1.54, 1.807) is 0 Å². The van der Waals surface area contributed by atoms with E-state index >= 15 is 0 Å². The van der Waals surface area contributed by atoms with E-state index in [0.29, 0.717) is 6.61 Å². The average molecular weight is 480 g/mol. The second kappa shape index (κ2) is 10.3. The number of aromatic nitrogens is 2. The number of nitrogens with zero attached hydrogens (tertiary/aromatic N) is 3. The van der Waals surface area contributed by atoms with Gasteiger partial charge in [-0.05, 0) is 43.5 Å². The van der Waals surface area contributed by atoms with Crippen molar-refractivity contribution in [2.24, 2.45) is 0 Å².